The van der Waals surface area contributed by atoms with Crippen LogP contribution in [0.2, 0.25) is 0 Å². The average molecular weight is 328 g/mol. The summed E-state index contributed by atoms with van der Waals surface area (Å²) in [6.07, 6.45) is 2.48. The summed E-state index contributed by atoms with van der Waals surface area (Å²) in [5, 5.41) is 3.38. The van der Waals surface area contributed by atoms with Crippen LogP contribution in [0.15, 0.2) is 22.7 Å². The number of likely N-dealkylation sites (N-methyl/N-ethyl adjacent to an activating group) is 1. The molecule has 1 N–H and O–H groups in total. The predicted octanol–water partition coefficient (Wildman–Crippen LogP) is 4.73. The zero-order valence-corrected chi connectivity index (χ0v) is 14.1. The van der Waals surface area contributed by atoms with Gasteiger partial charge in [-0.25, -0.2) is 0 Å². The second-order valence-electron chi connectivity index (χ2n) is 5.17. The van der Waals surface area contributed by atoms with Crippen molar-refractivity contribution in [1.82, 2.24) is 5.32 Å². The molecule has 0 fully saturated rings. The lowest BCUT2D eigenvalue weighted by Crippen LogP contribution is -2.31. The van der Waals surface area contributed by atoms with E-state index < -0.39 is 0 Å². The van der Waals surface area contributed by atoms with Gasteiger partial charge in [-0.2, -0.15) is 0 Å². The second kappa shape index (κ2) is 8.60. The minimum absolute atomic E-state index is 0.253. The Morgan fingerprint density at radius 1 is 1.26 bits per heavy atom. The van der Waals surface area contributed by atoms with Crippen molar-refractivity contribution < 1.29 is 4.74 Å². The number of hydrogen-bond donors (Lipinski definition) is 1. The minimum Gasteiger partial charge on any atom is -0.489 e. The van der Waals surface area contributed by atoms with Crippen molar-refractivity contribution in [3.63, 3.8) is 0 Å². The molecule has 1 unspecified atom stereocenters. The summed E-state index contributed by atoms with van der Waals surface area (Å²) >= 11 is 3.54. The normalized spacial score (nSPS) is 12.7. The lowest BCUT2D eigenvalue weighted by molar-refractivity contribution is 0.185. The molecule has 0 saturated carbocycles. The fraction of sp³-hybridized carbons (Fsp3) is 0.625. The molecule has 0 amide bonds. The largest absolute Gasteiger partial charge is 0.489 e. The van der Waals surface area contributed by atoms with E-state index in [1.54, 1.807) is 0 Å². The number of rotatable bonds is 8. The van der Waals surface area contributed by atoms with E-state index in [1.165, 1.54) is 5.56 Å². The van der Waals surface area contributed by atoms with Crippen LogP contribution in [0.4, 0.5) is 0 Å². The first-order valence-corrected chi connectivity index (χ1v) is 8.04. The van der Waals surface area contributed by atoms with Gasteiger partial charge in [0.25, 0.3) is 0 Å². The zero-order valence-electron chi connectivity index (χ0n) is 12.5. The first-order chi connectivity index (χ1) is 9.08. The molecule has 1 rings (SSSR count). The van der Waals surface area contributed by atoms with Gasteiger partial charge in [0.1, 0.15) is 11.9 Å². The molecule has 19 heavy (non-hydrogen) atoms. The lowest BCUT2D eigenvalue weighted by Gasteiger charge is -2.22. The van der Waals surface area contributed by atoms with Crippen molar-refractivity contribution in [1.29, 1.82) is 0 Å². The Bertz CT molecular complexity index is 379. The van der Waals surface area contributed by atoms with Crippen molar-refractivity contribution in [2.24, 2.45) is 0 Å². The molecule has 1 atom stereocenters. The van der Waals surface area contributed by atoms with E-state index >= 15 is 0 Å². The number of hydrogen-bond acceptors (Lipinski definition) is 2. The van der Waals surface area contributed by atoms with Crippen molar-refractivity contribution in [3.8, 4) is 5.75 Å². The fourth-order valence-corrected chi connectivity index (χ4v) is 2.47. The Kier molecular flexibility index (Phi) is 7.47. The Morgan fingerprint density at radius 3 is 2.58 bits per heavy atom. The van der Waals surface area contributed by atoms with E-state index in [9.17, 15) is 0 Å². The number of halogens is 1. The highest BCUT2D eigenvalue weighted by Crippen LogP contribution is 2.30. The standard InChI is InChI=1S/C16H26BrNO/c1-5-7-14(11-18-6-2)19-16-9-8-13(17)10-15(16)12(3)4/h8-10,12,14,18H,5-7,11H2,1-4H3. The van der Waals surface area contributed by atoms with E-state index in [0.717, 1.165) is 36.2 Å². The van der Waals surface area contributed by atoms with Crippen LogP contribution < -0.4 is 10.1 Å². The van der Waals surface area contributed by atoms with Gasteiger partial charge >= 0.3 is 0 Å². The maximum Gasteiger partial charge on any atom is 0.123 e. The van der Waals surface area contributed by atoms with Crippen LogP contribution in [0.25, 0.3) is 0 Å². The number of ether oxygens (including phenoxy) is 1. The summed E-state index contributed by atoms with van der Waals surface area (Å²) < 4.78 is 7.33. The van der Waals surface area contributed by atoms with E-state index in [2.05, 4.69) is 67.1 Å². The van der Waals surface area contributed by atoms with Crippen LogP contribution in [-0.2, 0) is 0 Å². The van der Waals surface area contributed by atoms with E-state index in [-0.39, 0.29) is 6.10 Å². The van der Waals surface area contributed by atoms with Gasteiger partial charge in [-0.3, -0.25) is 0 Å². The lowest BCUT2D eigenvalue weighted by atomic mass is 10.0. The van der Waals surface area contributed by atoms with Gasteiger partial charge in [-0.05, 0) is 42.6 Å². The number of nitrogens with one attached hydrogen (secondary N) is 1. The first-order valence-electron chi connectivity index (χ1n) is 7.25. The molecule has 0 heterocycles. The number of benzene rings is 1. The Labute approximate surface area is 126 Å². The Hall–Kier alpha value is -0.540. The summed E-state index contributed by atoms with van der Waals surface area (Å²) in [6, 6.07) is 6.29. The molecular weight excluding hydrogens is 302 g/mol. The van der Waals surface area contributed by atoms with Crippen LogP contribution >= 0.6 is 15.9 Å². The van der Waals surface area contributed by atoms with Gasteiger partial charge in [0, 0.05) is 11.0 Å². The molecule has 0 saturated heterocycles. The molecule has 108 valence electrons. The summed E-state index contributed by atoms with van der Waals surface area (Å²) in [6.45, 7) is 10.6. The molecular formula is C16H26BrNO. The Balaban J connectivity index is 2.82. The maximum absolute atomic E-state index is 6.22. The summed E-state index contributed by atoms with van der Waals surface area (Å²) in [7, 11) is 0. The summed E-state index contributed by atoms with van der Waals surface area (Å²) in [5.41, 5.74) is 1.27. The van der Waals surface area contributed by atoms with Gasteiger partial charge in [-0.1, -0.05) is 50.0 Å². The SMILES string of the molecule is CCCC(CNCC)Oc1ccc(Br)cc1C(C)C. The molecule has 2 nitrogen and oxygen atoms in total. The highest BCUT2D eigenvalue weighted by molar-refractivity contribution is 9.10. The molecule has 0 aliphatic carbocycles. The third kappa shape index (κ3) is 5.53. The van der Waals surface area contributed by atoms with Crippen molar-refractivity contribution >= 4 is 15.9 Å². The van der Waals surface area contributed by atoms with Crippen molar-refractivity contribution in [2.45, 2.75) is 52.6 Å². The van der Waals surface area contributed by atoms with Crippen molar-refractivity contribution in [3.05, 3.63) is 28.2 Å². The second-order valence-corrected chi connectivity index (χ2v) is 6.09. The topological polar surface area (TPSA) is 21.3 Å². The molecule has 0 radical (unpaired) electrons. The van der Waals surface area contributed by atoms with Gasteiger partial charge in [0.15, 0.2) is 0 Å². The monoisotopic (exact) mass is 327 g/mol. The zero-order chi connectivity index (χ0) is 14.3. The van der Waals surface area contributed by atoms with Crippen LogP contribution in [0.5, 0.6) is 5.75 Å². The molecule has 0 aromatic heterocycles. The fourth-order valence-electron chi connectivity index (χ4n) is 2.09. The molecule has 0 spiro atoms. The predicted molar refractivity (Wildman–Crippen MR) is 86.1 cm³/mol. The highest BCUT2D eigenvalue weighted by Gasteiger charge is 2.14. The molecule has 3 heteroatoms. The molecule has 0 aliphatic heterocycles. The van der Waals surface area contributed by atoms with E-state index in [0.29, 0.717) is 5.92 Å². The van der Waals surface area contributed by atoms with Gasteiger partial charge < -0.3 is 10.1 Å². The third-order valence-corrected chi connectivity index (χ3v) is 3.61. The van der Waals surface area contributed by atoms with Gasteiger partial charge in [-0.15, -0.1) is 0 Å². The third-order valence-electron chi connectivity index (χ3n) is 3.12. The van der Waals surface area contributed by atoms with E-state index in [1.807, 2.05) is 0 Å². The molecule has 1 aromatic rings. The maximum atomic E-state index is 6.22. The Morgan fingerprint density at radius 2 is 2.00 bits per heavy atom. The van der Waals surface area contributed by atoms with Gasteiger partial charge in [0.05, 0.1) is 0 Å². The van der Waals surface area contributed by atoms with Crippen LogP contribution in [0, 0.1) is 0 Å². The van der Waals surface area contributed by atoms with E-state index in [4.69, 9.17) is 4.74 Å². The van der Waals surface area contributed by atoms with Crippen LogP contribution in [0.3, 0.4) is 0 Å². The van der Waals surface area contributed by atoms with Crippen molar-refractivity contribution in [2.75, 3.05) is 13.1 Å². The van der Waals surface area contributed by atoms with Crippen LogP contribution in [0.1, 0.15) is 52.0 Å². The molecule has 0 bridgehead atoms. The summed E-state index contributed by atoms with van der Waals surface area (Å²) in [4.78, 5) is 0. The smallest absolute Gasteiger partial charge is 0.123 e. The van der Waals surface area contributed by atoms with Crippen LogP contribution in [-0.4, -0.2) is 19.2 Å². The minimum atomic E-state index is 0.253. The molecule has 1 aromatic carbocycles. The summed E-state index contributed by atoms with van der Waals surface area (Å²) in [5.74, 6) is 1.49. The average Bonchev–Trinajstić information content (AvgIpc) is 2.38. The quantitative estimate of drug-likeness (QED) is 0.745. The highest BCUT2D eigenvalue weighted by atomic mass is 79.9. The van der Waals surface area contributed by atoms with Gasteiger partial charge in [0.2, 0.25) is 0 Å². The molecule has 0 aliphatic rings. The first kappa shape index (κ1) is 16.5.